The lowest BCUT2D eigenvalue weighted by molar-refractivity contribution is 0.0654. The van der Waals surface area contributed by atoms with Crippen molar-refractivity contribution in [3.63, 3.8) is 0 Å². The Balaban J connectivity index is 2.14. The van der Waals surface area contributed by atoms with Crippen LogP contribution >= 0.6 is 22.9 Å². The third-order valence-electron chi connectivity index (χ3n) is 3.17. The molecule has 1 aliphatic carbocycles. The highest BCUT2D eigenvalue weighted by atomic mass is 35.5. The van der Waals surface area contributed by atoms with Crippen LogP contribution in [-0.4, -0.2) is 33.6 Å². The second-order valence-electron chi connectivity index (χ2n) is 5.15. The molecule has 18 heavy (non-hydrogen) atoms. The summed E-state index contributed by atoms with van der Waals surface area (Å²) in [5.74, 6) is 0.443. The molecule has 4 nitrogen and oxygen atoms in total. The van der Waals surface area contributed by atoms with Gasteiger partial charge in [-0.1, -0.05) is 38.0 Å². The molecule has 100 valence electrons. The fourth-order valence-corrected chi connectivity index (χ4v) is 3.21. The van der Waals surface area contributed by atoms with Crippen LogP contribution in [0.4, 0.5) is 0 Å². The lowest BCUT2D eigenvalue weighted by atomic mass is 10.1. The van der Waals surface area contributed by atoms with E-state index in [9.17, 15) is 4.79 Å². The first-order valence-corrected chi connectivity index (χ1v) is 7.57. The number of halogens is 1. The molecule has 0 spiro atoms. The minimum absolute atomic E-state index is 0.0139. The van der Waals surface area contributed by atoms with E-state index in [-0.39, 0.29) is 5.91 Å². The van der Waals surface area contributed by atoms with Gasteiger partial charge < -0.3 is 4.90 Å². The van der Waals surface area contributed by atoms with Crippen LogP contribution in [0.25, 0.3) is 0 Å². The normalized spacial score (nSPS) is 16.4. The Morgan fingerprint density at radius 3 is 2.61 bits per heavy atom. The van der Waals surface area contributed by atoms with E-state index in [1.165, 1.54) is 12.8 Å². The summed E-state index contributed by atoms with van der Waals surface area (Å²) in [5, 5.41) is 7.98. The molecule has 0 aliphatic heterocycles. The smallest absolute Gasteiger partial charge is 0.285 e. The van der Waals surface area contributed by atoms with Crippen LogP contribution in [0, 0.1) is 5.92 Å². The summed E-state index contributed by atoms with van der Waals surface area (Å²) in [5.41, 5.74) is 0. The van der Waals surface area contributed by atoms with Gasteiger partial charge >= 0.3 is 0 Å². The van der Waals surface area contributed by atoms with Gasteiger partial charge in [0, 0.05) is 12.6 Å². The molecule has 1 aromatic heterocycles. The molecule has 1 heterocycles. The molecule has 0 N–H and O–H groups in total. The van der Waals surface area contributed by atoms with Crippen LogP contribution in [-0.2, 0) is 0 Å². The van der Waals surface area contributed by atoms with Crippen LogP contribution in [0.3, 0.4) is 0 Å². The molecule has 0 atom stereocenters. The van der Waals surface area contributed by atoms with Crippen molar-refractivity contribution in [1.29, 1.82) is 0 Å². The highest BCUT2D eigenvalue weighted by Gasteiger charge is 2.29. The fraction of sp³-hybridized carbons (Fsp3) is 0.750. The Morgan fingerprint density at radius 2 is 2.11 bits per heavy atom. The number of aromatic nitrogens is 2. The van der Waals surface area contributed by atoms with Crippen LogP contribution in [0.15, 0.2) is 0 Å². The van der Waals surface area contributed by atoms with Gasteiger partial charge in [0.25, 0.3) is 5.91 Å². The number of amides is 1. The number of carbonyl (C=O) groups excluding carboxylic acids is 1. The number of rotatable bonds is 4. The molecule has 0 radical (unpaired) electrons. The zero-order valence-corrected chi connectivity index (χ0v) is 12.3. The van der Waals surface area contributed by atoms with Crippen LogP contribution in [0.5, 0.6) is 0 Å². The summed E-state index contributed by atoms with van der Waals surface area (Å²) < 4.78 is 0.328. The number of nitrogens with zero attached hydrogens (tertiary/aromatic N) is 3. The van der Waals surface area contributed by atoms with E-state index in [2.05, 4.69) is 24.0 Å². The second kappa shape index (κ2) is 5.97. The Kier molecular flexibility index (Phi) is 4.56. The SMILES string of the molecule is CC(C)CN(C(=O)c1nnc(Cl)s1)C1CCCC1. The molecule has 2 rings (SSSR count). The van der Waals surface area contributed by atoms with Gasteiger partial charge in [-0.2, -0.15) is 0 Å². The van der Waals surface area contributed by atoms with Gasteiger partial charge in [0.05, 0.1) is 0 Å². The molecular weight excluding hydrogens is 270 g/mol. The summed E-state index contributed by atoms with van der Waals surface area (Å²) >= 11 is 6.91. The predicted molar refractivity (Wildman–Crippen MR) is 73.0 cm³/mol. The lowest BCUT2D eigenvalue weighted by Gasteiger charge is -2.29. The van der Waals surface area contributed by atoms with Crippen LogP contribution in [0.1, 0.15) is 49.3 Å². The minimum atomic E-state index is -0.0139. The van der Waals surface area contributed by atoms with Crippen molar-refractivity contribution in [3.05, 3.63) is 9.47 Å². The molecule has 1 saturated carbocycles. The number of hydrogen-bond acceptors (Lipinski definition) is 4. The second-order valence-corrected chi connectivity index (χ2v) is 6.71. The van der Waals surface area contributed by atoms with Crippen molar-refractivity contribution in [2.45, 2.75) is 45.6 Å². The summed E-state index contributed by atoms with van der Waals surface area (Å²) in [6.07, 6.45) is 4.63. The van der Waals surface area contributed by atoms with Gasteiger partial charge in [-0.3, -0.25) is 4.79 Å². The van der Waals surface area contributed by atoms with Gasteiger partial charge in [-0.15, -0.1) is 10.2 Å². The monoisotopic (exact) mass is 287 g/mol. The summed E-state index contributed by atoms with van der Waals surface area (Å²) in [7, 11) is 0. The third kappa shape index (κ3) is 3.20. The molecule has 1 fully saturated rings. The van der Waals surface area contributed by atoms with Crippen molar-refractivity contribution >= 4 is 28.8 Å². The maximum Gasteiger partial charge on any atom is 0.285 e. The largest absolute Gasteiger partial charge is 0.333 e. The Hall–Kier alpha value is -0.680. The van der Waals surface area contributed by atoms with Crippen molar-refractivity contribution in [2.24, 2.45) is 5.92 Å². The van der Waals surface area contributed by atoms with Crippen molar-refractivity contribution < 1.29 is 4.79 Å². The zero-order valence-electron chi connectivity index (χ0n) is 10.7. The highest BCUT2D eigenvalue weighted by Crippen LogP contribution is 2.27. The minimum Gasteiger partial charge on any atom is -0.333 e. The maximum atomic E-state index is 12.5. The van der Waals surface area contributed by atoms with Crippen molar-refractivity contribution in [2.75, 3.05) is 6.54 Å². The highest BCUT2D eigenvalue weighted by molar-refractivity contribution is 7.17. The fourth-order valence-electron chi connectivity index (χ4n) is 2.42. The van der Waals surface area contributed by atoms with E-state index in [1.807, 2.05) is 4.90 Å². The van der Waals surface area contributed by atoms with Crippen LogP contribution < -0.4 is 0 Å². The predicted octanol–water partition coefficient (Wildman–Crippen LogP) is 3.23. The van der Waals surface area contributed by atoms with E-state index in [4.69, 9.17) is 11.6 Å². The third-order valence-corrected chi connectivity index (χ3v) is 4.18. The molecule has 0 saturated heterocycles. The van der Waals surface area contributed by atoms with E-state index >= 15 is 0 Å². The summed E-state index contributed by atoms with van der Waals surface area (Å²) in [6.45, 7) is 5.03. The lowest BCUT2D eigenvalue weighted by Crippen LogP contribution is -2.41. The van der Waals surface area contributed by atoms with Crippen molar-refractivity contribution in [3.8, 4) is 0 Å². The first kappa shape index (κ1) is 13.7. The van der Waals surface area contributed by atoms with Gasteiger partial charge in [0.1, 0.15) is 0 Å². The topological polar surface area (TPSA) is 46.1 Å². The van der Waals surface area contributed by atoms with E-state index in [1.54, 1.807) is 0 Å². The molecule has 0 aromatic carbocycles. The zero-order chi connectivity index (χ0) is 13.1. The summed E-state index contributed by atoms with van der Waals surface area (Å²) in [4.78, 5) is 14.4. The molecule has 1 aromatic rings. The van der Waals surface area contributed by atoms with Gasteiger partial charge in [-0.25, -0.2) is 0 Å². The number of hydrogen-bond donors (Lipinski definition) is 0. The average molecular weight is 288 g/mol. The Labute approximate surface area is 116 Å². The van der Waals surface area contributed by atoms with E-state index < -0.39 is 0 Å². The maximum absolute atomic E-state index is 12.5. The number of carbonyl (C=O) groups is 1. The van der Waals surface area contributed by atoms with E-state index in [0.717, 1.165) is 30.7 Å². The molecule has 1 amide bonds. The quantitative estimate of drug-likeness (QED) is 0.854. The molecule has 1 aliphatic rings. The average Bonchev–Trinajstić information content (AvgIpc) is 2.95. The molecule has 0 unspecified atom stereocenters. The van der Waals surface area contributed by atoms with Gasteiger partial charge in [-0.05, 0) is 30.4 Å². The molecular formula is C12H18ClN3OS. The summed E-state index contributed by atoms with van der Waals surface area (Å²) in [6, 6.07) is 0.363. The van der Waals surface area contributed by atoms with E-state index in [0.29, 0.717) is 21.4 Å². The van der Waals surface area contributed by atoms with Gasteiger partial charge in [0.2, 0.25) is 9.47 Å². The van der Waals surface area contributed by atoms with Gasteiger partial charge in [0.15, 0.2) is 0 Å². The first-order valence-electron chi connectivity index (χ1n) is 6.38. The Morgan fingerprint density at radius 1 is 1.44 bits per heavy atom. The molecule has 0 bridgehead atoms. The van der Waals surface area contributed by atoms with Crippen molar-refractivity contribution in [1.82, 2.24) is 15.1 Å². The van der Waals surface area contributed by atoms with Crippen LogP contribution in [0.2, 0.25) is 4.47 Å². The first-order chi connectivity index (χ1) is 8.58. The molecule has 6 heteroatoms. The standard InChI is InChI=1S/C12H18ClN3OS/c1-8(2)7-16(9-5-3-4-6-9)11(17)10-14-15-12(13)18-10/h8-9H,3-7H2,1-2H3. The Bertz CT molecular complexity index is 415.